The smallest absolute Gasteiger partial charge is 0.268 e. The molecule has 8 nitrogen and oxygen atoms in total. The third kappa shape index (κ3) is 8.66. The number of benzene rings is 2. The number of alkyl halides is 2. The van der Waals surface area contributed by atoms with Gasteiger partial charge in [-0.3, -0.25) is 19.8 Å². The molecule has 0 bridgehead atoms. The van der Waals surface area contributed by atoms with Crippen LogP contribution in [0.2, 0.25) is 5.02 Å². The Morgan fingerprint density at radius 3 is 2.45 bits per heavy atom. The van der Waals surface area contributed by atoms with Crippen molar-refractivity contribution in [1.82, 2.24) is 15.5 Å². The number of halogens is 4. The summed E-state index contributed by atoms with van der Waals surface area (Å²) in [5.41, 5.74) is 0.927. The molecule has 2 aromatic carbocycles. The number of nitrogens with zero attached hydrogens (tertiary/aromatic N) is 1. The van der Waals surface area contributed by atoms with Crippen LogP contribution in [-0.4, -0.2) is 80.5 Å². The lowest BCUT2D eigenvalue weighted by atomic mass is 9.83. The van der Waals surface area contributed by atoms with Crippen LogP contribution in [0.4, 0.5) is 13.2 Å². The second-order valence-corrected chi connectivity index (χ2v) is 14.2. The van der Waals surface area contributed by atoms with Gasteiger partial charge in [0.1, 0.15) is 17.1 Å². The number of imide groups is 1. The van der Waals surface area contributed by atoms with Crippen molar-refractivity contribution in [1.29, 1.82) is 0 Å². The van der Waals surface area contributed by atoms with E-state index in [1.807, 2.05) is 29.2 Å². The minimum absolute atomic E-state index is 0.0773. The highest BCUT2D eigenvalue weighted by Crippen LogP contribution is 2.43. The zero-order chi connectivity index (χ0) is 34.4. The molecule has 2 N–H and O–H groups in total. The third-order valence-electron chi connectivity index (χ3n) is 9.48. The first-order chi connectivity index (χ1) is 23.6. The Balaban J connectivity index is 1.18. The van der Waals surface area contributed by atoms with Gasteiger partial charge in [0.2, 0.25) is 5.91 Å². The predicted molar refractivity (Wildman–Crippen MR) is 183 cm³/mol. The number of piperidine rings is 2. The van der Waals surface area contributed by atoms with Gasteiger partial charge in [-0.15, -0.1) is 11.3 Å². The molecule has 13 heteroatoms. The van der Waals surface area contributed by atoms with E-state index in [0.29, 0.717) is 67.3 Å². The number of carbonyl (C=O) groups excluding carboxylic acids is 2. The Labute approximate surface area is 293 Å². The fraction of sp³-hybridized carbons (Fsp3) is 0.500. The summed E-state index contributed by atoms with van der Waals surface area (Å²) < 4.78 is 59.3. The first-order valence-electron chi connectivity index (χ1n) is 16.9. The van der Waals surface area contributed by atoms with E-state index in [0.717, 1.165) is 42.8 Å². The molecule has 264 valence electrons. The van der Waals surface area contributed by atoms with Crippen molar-refractivity contribution in [3.05, 3.63) is 64.2 Å². The molecule has 49 heavy (non-hydrogen) atoms. The lowest BCUT2D eigenvalue weighted by Crippen LogP contribution is -2.65. The minimum atomic E-state index is -2.76. The van der Waals surface area contributed by atoms with Gasteiger partial charge in [-0.1, -0.05) is 23.7 Å². The molecule has 2 amide bonds. The van der Waals surface area contributed by atoms with Gasteiger partial charge < -0.3 is 19.5 Å². The number of hydrogen-bond acceptors (Lipinski definition) is 8. The van der Waals surface area contributed by atoms with Gasteiger partial charge in [0, 0.05) is 55.0 Å². The molecule has 0 unspecified atom stereocenters. The molecule has 3 aliphatic heterocycles. The highest BCUT2D eigenvalue weighted by atomic mass is 35.5. The summed E-state index contributed by atoms with van der Waals surface area (Å²) in [6, 6.07) is 13.2. The number of ether oxygens (including phenoxy) is 3. The van der Waals surface area contributed by atoms with E-state index in [4.69, 9.17) is 25.8 Å². The molecular weight excluding hydrogens is 679 g/mol. The van der Waals surface area contributed by atoms with Gasteiger partial charge in [-0.05, 0) is 87.2 Å². The predicted octanol–water partition coefficient (Wildman–Crippen LogP) is 7.30. The molecule has 0 spiro atoms. The number of amides is 2. The van der Waals surface area contributed by atoms with E-state index in [1.165, 1.54) is 12.1 Å². The van der Waals surface area contributed by atoms with Crippen LogP contribution in [0.1, 0.15) is 61.0 Å². The summed E-state index contributed by atoms with van der Waals surface area (Å²) in [6.07, 6.45) is 3.82. The Kier molecular flexibility index (Phi) is 11.6. The number of likely N-dealkylation sites (tertiary alicyclic amines) is 1. The van der Waals surface area contributed by atoms with E-state index in [1.54, 1.807) is 12.1 Å². The van der Waals surface area contributed by atoms with Gasteiger partial charge in [-0.25, -0.2) is 13.2 Å². The van der Waals surface area contributed by atoms with E-state index >= 15 is 0 Å². The van der Waals surface area contributed by atoms with Crippen LogP contribution in [0, 0.1) is 5.82 Å². The molecule has 1 aromatic heterocycles. The molecule has 0 saturated carbocycles. The lowest BCUT2D eigenvalue weighted by molar-refractivity contribution is -0.163. The van der Waals surface area contributed by atoms with Crippen LogP contribution in [0.5, 0.6) is 5.75 Å². The van der Waals surface area contributed by atoms with Crippen molar-refractivity contribution < 1.29 is 37.0 Å². The summed E-state index contributed by atoms with van der Waals surface area (Å²) in [6.45, 7) is 2.97. The first kappa shape index (κ1) is 35.8. The van der Waals surface area contributed by atoms with Gasteiger partial charge in [0.25, 0.3) is 11.8 Å². The SMILES string of the molecule is O=C(NC(=O)C1(N2CCC(F)(F)CC2)CCNCC1)c1cc(-c2ccc(OCCCO[C@@H]3CCCCO3)cc2)c(-c2ccc(F)cc2Cl)s1. The molecule has 0 aliphatic carbocycles. The lowest BCUT2D eigenvalue weighted by Gasteiger charge is -2.47. The second-order valence-electron chi connectivity index (χ2n) is 12.8. The summed E-state index contributed by atoms with van der Waals surface area (Å²) in [5, 5.41) is 6.01. The van der Waals surface area contributed by atoms with E-state index in [-0.39, 0.29) is 42.1 Å². The first-order valence-corrected chi connectivity index (χ1v) is 18.1. The van der Waals surface area contributed by atoms with Crippen LogP contribution < -0.4 is 15.4 Å². The Morgan fingerprint density at radius 1 is 1.00 bits per heavy atom. The van der Waals surface area contributed by atoms with Crippen LogP contribution in [0.25, 0.3) is 21.6 Å². The molecule has 6 rings (SSSR count). The van der Waals surface area contributed by atoms with E-state index < -0.39 is 29.1 Å². The molecule has 3 aromatic rings. The van der Waals surface area contributed by atoms with Crippen molar-refractivity contribution in [2.45, 2.75) is 69.1 Å². The summed E-state index contributed by atoms with van der Waals surface area (Å²) in [7, 11) is 0. The maximum Gasteiger partial charge on any atom is 0.268 e. The fourth-order valence-electron chi connectivity index (χ4n) is 6.70. The van der Waals surface area contributed by atoms with Crippen molar-refractivity contribution in [3.8, 4) is 27.3 Å². The van der Waals surface area contributed by atoms with Crippen LogP contribution in [0.3, 0.4) is 0 Å². The van der Waals surface area contributed by atoms with Crippen LogP contribution in [-0.2, 0) is 14.3 Å². The number of nitrogens with one attached hydrogen (secondary N) is 2. The van der Waals surface area contributed by atoms with Gasteiger partial charge in [0.05, 0.1) is 23.1 Å². The van der Waals surface area contributed by atoms with Crippen molar-refractivity contribution >= 4 is 34.8 Å². The number of rotatable bonds is 11. The molecule has 1 atom stereocenters. The standard InChI is InChI=1S/C36H41ClF3N3O5S/c37-29-22-25(38)7-10-27(29)32-28(24-5-8-26(9-6-24)46-20-3-21-48-31-4-1-2-19-47-31)23-30(49-32)33(44)42-34(45)35(11-15-41-16-12-35)43-17-13-36(39,40)14-18-43/h5-10,22-23,31,41H,1-4,11-21H2,(H,42,44,45)/t31-/m1/s1. The van der Waals surface area contributed by atoms with Crippen molar-refractivity contribution in [2.24, 2.45) is 0 Å². The third-order valence-corrected chi connectivity index (χ3v) is 11.0. The van der Waals surface area contributed by atoms with Gasteiger partial charge in [-0.2, -0.15) is 0 Å². The monoisotopic (exact) mass is 719 g/mol. The summed E-state index contributed by atoms with van der Waals surface area (Å²) in [4.78, 5) is 30.3. The molecular formula is C36H41ClF3N3O5S. The fourth-order valence-corrected chi connectivity index (χ4v) is 8.13. The number of carbonyl (C=O) groups is 2. The van der Waals surface area contributed by atoms with Crippen molar-refractivity contribution in [2.75, 3.05) is 46.0 Å². The van der Waals surface area contributed by atoms with Gasteiger partial charge in [0.15, 0.2) is 6.29 Å². The Bertz CT molecular complexity index is 1600. The van der Waals surface area contributed by atoms with E-state index in [9.17, 15) is 22.8 Å². The zero-order valence-corrected chi connectivity index (χ0v) is 28.8. The van der Waals surface area contributed by atoms with Crippen LogP contribution >= 0.6 is 22.9 Å². The highest BCUT2D eigenvalue weighted by molar-refractivity contribution is 7.18. The maximum absolute atomic E-state index is 14.0. The summed E-state index contributed by atoms with van der Waals surface area (Å²) in [5.74, 6) is -3.66. The largest absolute Gasteiger partial charge is 0.494 e. The average molecular weight is 720 g/mol. The quantitative estimate of drug-likeness (QED) is 0.159. The maximum atomic E-state index is 14.0. The Morgan fingerprint density at radius 2 is 1.76 bits per heavy atom. The highest BCUT2D eigenvalue weighted by Gasteiger charge is 2.49. The Hall–Kier alpha value is -3.00. The van der Waals surface area contributed by atoms with Crippen LogP contribution in [0.15, 0.2) is 48.5 Å². The number of hydrogen-bond donors (Lipinski definition) is 2. The second kappa shape index (κ2) is 15.9. The topological polar surface area (TPSA) is 89.1 Å². The molecule has 3 fully saturated rings. The normalized spacial score (nSPS) is 20.9. The average Bonchev–Trinajstić information content (AvgIpc) is 3.54. The number of thiophene rings is 1. The summed E-state index contributed by atoms with van der Waals surface area (Å²) >= 11 is 7.63. The van der Waals surface area contributed by atoms with Gasteiger partial charge >= 0.3 is 0 Å². The molecule has 3 saturated heterocycles. The van der Waals surface area contributed by atoms with Crippen molar-refractivity contribution in [3.63, 3.8) is 0 Å². The molecule has 4 heterocycles. The van der Waals surface area contributed by atoms with E-state index in [2.05, 4.69) is 10.6 Å². The molecule has 0 radical (unpaired) electrons. The minimum Gasteiger partial charge on any atom is -0.494 e. The molecule has 3 aliphatic rings. The zero-order valence-electron chi connectivity index (χ0n) is 27.2.